The maximum atomic E-state index is 11.9. The topological polar surface area (TPSA) is 98.7 Å². The largest absolute Gasteiger partial charge is 0.462 e. The fraction of sp³-hybridized carbons (Fsp3) is 0.538. The molecule has 0 spiro atoms. The third kappa shape index (κ3) is 3.22. The van der Waals surface area contributed by atoms with Crippen LogP contribution in [0.1, 0.15) is 47.2 Å². The number of carbonyl (C=O) groups excluding carboxylic acids is 2. The van der Waals surface area contributed by atoms with Crippen molar-refractivity contribution in [2.75, 3.05) is 30.3 Å². The Labute approximate surface area is 122 Å². The number of amides is 1. The lowest BCUT2D eigenvalue weighted by Crippen LogP contribution is -2.25. The minimum atomic E-state index is -0.626. The van der Waals surface area contributed by atoms with E-state index < -0.39 is 11.9 Å². The number of anilines is 2. The highest BCUT2D eigenvalue weighted by molar-refractivity contribution is 7.19. The minimum Gasteiger partial charge on any atom is -0.462 e. The van der Waals surface area contributed by atoms with Crippen molar-refractivity contribution in [3.05, 3.63) is 10.4 Å². The Kier molecular flexibility index (Phi) is 5.82. The fourth-order valence-electron chi connectivity index (χ4n) is 1.91. The highest BCUT2D eigenvalue weighted by atomic mass is 32.1. The van der Waals surface area contributed by atoms with E-state index >= 15 is 0 Å². The first-order chi connectivity index (χ1) is 9.47. The van der Waals surface area contributed by atoms with Gasteiger partial charge in [0.15, 0.2) is 0 Å². The number of nitrogen functional groups attached to an aromatic ring is 1. The molecule has 0 fully saturated rings. The molecule has 20 heavy (non-hydrogen) atoms. The van der Waals surface area contributed by atoms with Gasteiger partial charge < -0.3 is 21.1 Å². The quantitative estimate of drug-likeness (QED) is 0.748. The van der Waals surface area contributed by atoms with E-state index in [4.69, 9.17) is 16.2 Å². The number of nitrogens with zero attached hydrogens (tertiary/aromatic N) is 1. The van der Waals surface area contributed by atoms with Crippen molar-refractivity contribution < 1.29 is 14.3 Å². The smallest absolute Gasteiger partial charge is 0.350 e. The molecule has 0 aliphatic rings. The molecular weight excluding hydrogens is 278 g/mol. The first kappa shape index (κ1) is 16.3. The zero-order valence-electron chi connectivity index (χ0n) is 12.1. The number of nitrogens with two attached hydrogens (primary N) is 2. The average molecular weight is 299 g/mol. The van der Waals surface area contributed by atoms with E-state index in [2.05, 4.69) is 0 Å². The number of esters is 1. The highest BCUT2D eigenvalue weighted by Crippen LogP contribution is 2.38. The van der Waals surface area contributed by atoms with Crippen LogP contribution in [-0.4, -0.2) is 31.6 Å². The van der Waals surface area contributed by atoms with Crippen LogP contribution in [0.2, 0.25) is 0 Å². The lowest BCUT2D eigenvalue weighted by Gasteiger charge is -2.21. The number of hydrogen-bond donors (Lipinski definition) is 2. The first-order valence-electron chi connectivity index (χ1n) is 6.61. The minimum absolute atomic E-state index is 0.116. The normalized spacial score (nSPS) is 10.3. The Morgan fingerprint density at radius 1 is 1.30 bits per heavy atom. The maximum Gasteiger partial charge on any atom is 0.350 e. The second-order valence-corrected chi connectivity index (χ2v) is 5.19. The molecule has 1 aromatic heterocycles. The summed E-state index contributed by atoms with van der Waals surface area (Å²) in [5, 5.41) is 0.641. The summed E-state index contributed by atoms with van der Waals surface area (Å²) in [5.41, 5.74) is 11.6. The van der Waals surface area contributed by atoms with Crippen LogP contribution < -0.4 is 16.4 Å². The van der Waals surface area contributed by atoms with Gasteiger partial charge in [0.25, 0.3) is 5.91 Å². The molecular formula is C13H21N3O3S. The molecule has 0 bridgehead atoms. The molecule has 0 atom stereocenters. The van der Waals surface area contributed by atoms with Gasteiger partial charge in [-0.05, 0) is 20.3 Å². The van der Waals surface area contributed by atoms with Crippen LogP contribution in [-0.2, 0) is 4.74 Å². The van der Waals surface area contributed by atoms with Crippen LogP contribution in [0.15, 0.2) is 0 Å². The van der Waals surface area contributed by atoms with Gasteiger partial charge in [-0.15, -0.1) is 11.3 Å². The molecule has 1 amide bonds. The van der Waals surface area contributed by atoms with Gasteiger partial charge in [-0.25, -0.2) is 4.79 Å². The zero-order valence-corrected chi connectivity index (χ0v) is 12.9. The van der Waals surface area contributed by atoms with Crippen molar-refractivity contribution in [2.45, 2.75) is 27.2 Å². The second-order valence-electron chi connectivity index (χ2n) is 4.19. The molecule has 0 unspecified atom stereocenters. The van der Waals surface area contributed by atoms with Gasteiger partial charge in [0.2, 0.25) is 0 Å². The monoisotopic (exact) mass is 299 g/mol. The Bertz CT molecular complexity index is 499. The molecule has 0 aliphatic carbocycles. The summed E-state index contributed by atoms with van der Waals surface area (Å²) in [6, 6.07) is 0. The molecule has 112 valence electrons. The molecule has 7 heteroatoms. The molecule has 6 nitrogen and oxygen atoms in total. The van der Waals surface area contributed by atoms with Gasteiger partial charge >= 0.3 is 5.97 Å². The van der Waals surface area contributed by atoms with Crippen molar-refractivity contribution in [3.63, 3.8) is 0 Å². The van der Waals surface area contributed by atoms with E-state index in [-0.39, 0.29) is 22.7 Å². The molecule has 0 saturated carbocycles. The van der Waals surface area contributed by atoms with Crippen LogP contribution in [0.5, 0.6) is 0 Å². The third-order valence-electron chi connectivity index (χ3n) is 2.80. The van der Waals surface area contributed by atoms with E-state index in [0.717, 1.165) is 24.3 Å². The summed E-state index contributed by atoms with van der Waals surface area (Å²) in [7, 11) is 0. The Balaban J connectivity index is 3.32. The van der Waals surface area contributed by atoms with Gasteiger partial charge in [0.05, 0.1) is 17.9 Å². The summed E-state index contributed by atoms with van der Waals surface area (Å²) in [5.74, 6) is -1.14. The van der Waals surface area contributed by atoms with Crippen molar-refractivity contribution in [1.82, 2.24) is 0 Å². The van der Waals surface area contributed by atoms with Crippen LogP contribution in [0, 0.1) is 0 Å². The van der Waals surface area contributed by atoms with Crippen LogP contribution >= 0.6 is 11.3 Å². The lowest BCUT2D eigenvalue weighted by molar-refractivity contribution is 0.0533. The molecule has 1 heterocycles. The number of carbonyl (C=O) groups is 2. The number of ether oxygens (including phenoxy) is 1. The summed E-state index contributed by atoms with van der Waals surface area (Å²) >= 11 is 1.16. The summed E-state index contributed by atoms with van der Waals surface area (Å²) < 4.78 is 4.95. The van der Waals surface area contributed by atoms with Crippen molar-refractivity contribution in [1.29, 1.82) is 0 Å². The third-order valence-corrected chi connectivity index (χ3v) is 4.04. The lowest BCUT2D eigenvalue weighted by atomic mass is 10.2. The Morgan fingerprint density at radius 3 is 2.40 bits per heavy atom. The molecule has 1 aromatic rings. The number of primary amides is 1. The van der Waals surface area contributed by atoms with Gasteiger partial charge in [-0.3, -0.25) is 4.79 Å². The first-order valence-corrected chi connectivity index (χ1v) is 7.43. The molecule has 0 aromatic carbocycles. The fourth-order valence-corrected chi connectivity index (χ4v) is 3.12. The zero-order chi connectivity index (χ0) is 15.3. The second kappa shape index (κ2) is 7.14. The number of thiophene rings is 1. The van der Waals surface area contributed by atoms with E-state index in [1.807, 2.05) is 18.7 Å². The van der Waals surface area contributed by atoms with Gasteiger partial charge in [-0.1, -0.05) is 6.92 Å². The number of rotatable bonds is 7. The Hall–Kier alpha value is -1.76. The average Bonchev–Trinajstić information content (AvgIpc) is 2.74. The van der Waals surface area contributed by atoms with Gasteiger partial charge in [0, 0.05) is 13.1 Å². The predicted octanol–water partition coefficient (Wildman–Crippen LogP) is 1.84. The van der Waals surface area contributed by atoms with E-state index in [0.29, 0.717) is 11.5 Å². The molecule has 0 radical (unpaired) electrons. The SMILES string of the molecule is CCCN(CC)c1sc(C(=O)OCC)c(N)c1C(N)=O. The summed E-state index contributed by atoms with van der Waals surface area (Å²) in [4.78, 5) is 25.7. The van der Waals surface area contributed by atoms with Crippen LogP contribution in [0.25, 0.3) is 0 Å². The van der Waals surface area contributed by atoms with Crippen molar-refractivity contribution in [2.24, 2.45) is 5.73 Å². The van der Waals surface area contributed by atoms with E-state index in [1.54, 1.807) is 6.92 Å². The van der Waals surface area contributed by atoms with Gasteiger partial charge in [-0.2, -0.15) is 0 Å². The summed E-state index contributed by atoms with van der Waals surface area (Å²) in [6.07, 6.45) is 0.915. The van der Waals surface area contributed by atoms with Crippen LogP contribution in [0.4, 0.5) is 10.7 Å². The summed E-state index contributed by atoms with van der Waals surface area (Å²) in [6.45, 7) is 7.45. The van der Waals surface area contributed by atoms with E-state index in [1.165, 1.54) is 0 Å². The molecule has 1 rings (SSSR count). The van der Waals surface area contributed by atoms with Crippen LogP contribution in [0.3, 0.4) is 0 Å². The van der Waals surface area contributed by atoms with E-state index in [9.17, 15) is 9.59 Å². The molecule has 0 aliphatic heterocycles. The maximum absolute atomic E-state index is 11.9. The highest BCUT2D eigenvalue weighted by Gasteiger charge is 2.27. The van der Waals surface area contributed by atoms with Crippen molar-refractivity contribution >= 4 is 33.9 Å². The predicted molar refractivity (Wildman–Crippen MR) is 81.4 cm³/mol. The molecule has 0 saturated heterocycles. The number of hydrogen-bond acceptors (Lipinski definition) is 6. The molecule has 4 N–H and O–H groups in total. The van der Waals surface area contributed by atoms with Gasteiger partial charge in [0.1, 0.15) is 9.88 Å². The van der Waals surface area contributed by atoms with Crippen molar-refractivity contribution in [3.8, 4) is 0 Å². The Morgan fingerprint density at radius 2 is 1.95 bits per heavy atom. The standard InChI is InChI=1S/C13H21N3O3S/c1-4-7-16(5-2)12-8(11(15)17)9(14)10(20-12)13(18)19-6-3/h4-7,14H2,1-3H3,(H2,15,17).